The summed E-state index contributed by atoms with van der Waals surface area (Å²) in [5, 5.41) is 1.07. The molecule has 2 aliphatic rings. The first-order valence-corrected chi connectivity index (χ1v) is 13.9. The number of rotatable bonds is 8. The molecule has 4 heterocycles. The maximum atomic E-state index is 11.7. The van der Waals surface area contributed by atoms with E-state index in [1.165, 1.54) is 7.11 Å². The number of carbonyl (C=O) groups excluding carboxylic acids is 1. The minimum Gasteiger partial charge on any atom is -0.469 e. The van der Waals surface area contributed by atoms with Crippen molar-refractivity contribution in [2.45, 2.75) is 38.3 Å². The summed E-state index contributed by atoms with van der Waals surface area (Å²) in [5.41, 5.74) is 8.57. The lowest BCUT2D eigenvalue weighted by molar-refractivity contribution is -0.142. The number of anilines is 1. The van der Waals surface area contributed by atoms with E-state index in [-0.39, 0.29) is 36.8 Å². The van der Waals surface area contributed by atoms with E-state index in [1.54, 1.807) is 18.5 Å². The Labute approximate surface area is 262 Å². The van der Waals surface area contributed by atoms with Crippen LogP contribution in [0.3, 0.4) is 0 Å². The zero-order valence-corrected chi connectivity index (χ0v) is 25.8. The Morgan fingerprint density at radius 1 is 1.00 bits per heavy atom. The van der Waals surface area contributed by atoms with Crippen molar-refractivity contribution in [1.29, 1.82) is 0 Å². The van der Waals surface area contributed by atoms with E-state index < -0.39 is 0 Å². The van der Waals surface area contributed by atoms with Crippen molar-refractivity contribution < 1.29 is 14.3 Å². The molecule has 2 N–H and O–H groups in total. The lowest BCUT2D eigenvalue weighted by Crippen LogP contribution is -2.34. The highest BCUT2D eigenvalue weighted by Crippen LogP contribution is 2.31. The average Bonchev–Trinajstić information content (AvgIpc) is 3.35. The molecule has 2 aromatic heterocycles. The fourth-order valence-electron chi connectivity index (χ4n) is 5.09. The summed E-state index contributed by atoms with van der Waals surface area (Å²) in [5.74, 6) is 1.77. The highest BCUT2D eigenvalue weighted by atomic mass is 35.5. The molecular formula is C28H34Cl4N6O3. The number of esters is 1. The van der Waals surface area contributed by atoms with Gasteiger partial charge in [0.1, 0.15) is 0 Å². The van der Waals surface area contributed by atoms with Crippen LogP contribution in [0.15, 0.2) is 42.7 Å². The second-order valence-corrected chi connectivity index (χ2v) is 11.0. The predicted molar refractivity (Wildman–Crippen MR) is 166 cm³/mol. The molecule has 0 radical (unpaired) electrons. The topological polar surface area (TPSA) is 107 Å². The molecule has 2 saturated heterocycles. The third kappa shape index (κ3) is 9.04. The number of nitrogens with zero attached hydrogens (tertiary/aromatic N) is 5. The molecule has 1 unspecified atom stereocenters. The van der Waals surface area contributed by atoms with Crippen LogP contribution in [0.4, 0.5) is 5.95 Å². The van der Waals surface area contributed by atoms with Crippen LogP contribution < -0.4 is 15.4 Å². The smallest absolute Gasteiger partial charge is 0.305 e. The second kappa shape index (κ2) is 15.2. The number of piperidine rings is 1. The Morgan fingerprint density at radius 2 is 1.68 bits per heavy atom. The molecule has 2 aliphatic heterocycles. The number of methoxy groups -OCH3 is 1. The maximum Gasteiger partial charge on any atom is 0.305 e. The van der Waals surface area contributed by atoms with Crippen molar-refractivity contribution in [3.05, 3.63) is 58.3 Å². The van der Waals surface area contributed by atoms with E-state index in [9.17, 15) is 4.79 Å². The number of aromatic nitrogens is 3. The summed E-state index contributed by atoms with van der Waals surface area (Å²) in [7, 11) is 1.44. The third-order valence-corrected chi connectivity index (χ3v) is 7.60. The molecule has 13 heteroatoms. The first kappa shape index (κ1) is 33.1. The summed E-state index contributed by atoms with van der Waals surface area (Å²) >= 11 is 12.6. The minimum atomic E-state index is -0.143. The van der Waals surface area contributed by atoms with Crippen molar-refractivity contribution in [2.75, 3.05) is 38.2 Å². The van der Waals surface area contributed by atoms with Gasteiger partial charge in [0.25, 0.3) is 0 Å². The van der Waals surface area contributed by atoms with Crippen molar-refractivity contribution in [3.63, 3.8) is 0 Å². The number of likely N-dealkylation sites (tertiary alicyclic amines) is 1. The highest BCUT2D eigenvalue weighted by molar-refractivity contribution is 6.35. The summed E-state index contributed by atoms with van der Waals surface area (Å²) in [6.45, 7) is 4.10. The molecule has 1 aromatic carbocycles. The van der Waals surface area contributed by atoms with Gasteiger partial charge in [0.2, 0.25) is 11.8 Å². The number of pyridine rings is 1. The van der Waals surface area contributed by atoms with Gasteiger partial charge < -0.3 is 20.1 Å². The zero-order valence-electron chi connectivity index (χ0n) is 22.7. The van der Waals surface area contributed by atoms with Gasteiger partial charge in [-0.2, -0.15) is 0 Å². The molecule has 0 amide bonds. The monoisotopic (exact) mass is 642 g/mol. The van der Waals surface area contributed by atoms with Crippen LogP contribution >= 0.6 is 48.0 Å². The molecular weight excluding hydrogens is 610 g/mol. The largest absolute Gasteiger partial charge is 0.469 e. The average molecular weight is 644 g/mol. The van der Waals surface area contributed by atoms with Crippen molar-refractivity contribution >= 4 is 59.9 Å². The maximum absolute atomic E-state index is 11.7. The van der Waals surface area contributed by atoms with E-state index in [4.69, 9.17) is 43.4 Å². The van der Waals surface area contributed by atoms with Crippen molar-refractivity contribution in [1.82, 2.24) is 19.9 Å². The van der Waals surface area contributed by atoms with E-state index in [0.717, 1.165) is 63.1 Å². The molecule has 0 saturated carbocycles. The molecule has 0 aliphatic carbocycles. The van der Waals surface area contributed by atoms with Crippen LogP contribution in [0.5, 0.6) is 11.6 Å². The molecule has 1 atom stereocenters. The van der Waals surface area contributed by atoms with Crippen LogP contribution in [-0.4, -0.2) is 65.2 Å². The lowest BCUT2D eigenvalue weighted by Gasteiger charge is -2.31. The summed E-state index contributed by atoms with van der Waals surface area (Å²) in [4.78, 5) is 29.8. The van der Waals surface area contributed by atoms with Gasteiger partial charge in [-0.25, -0.2) is 15.0 Å². The normalized spacial score (nSPS) is 17.5. The van der Waals surface area contributed by atoms with Gasteiger partial charge in [0.05, 0.1) is 25.2 Å². The molecule has 41 heavy (non-hydrogen) atoms. The molecule has 222 valence electrons. The number of halogens is 4. The Bertz CT molecular complexity index is 1290. The first-order valence-electron chi connectivity index (χ1n) is 13.1. The molecule has 2 fully saturated rings. The van der Waals surface area contributed by atoms with E-state index in [1.807, 2.05) is 24.3 Å². The van der Waals surface area contributed by atoms with Crippen molar-refractivity contribution in [2.24, 2.45) is 11.7 Å². The van der Waals surface area contributed by atoms with Crippen molar-refractivity contribution in [3.8, 4) is 22.9 Å². The van der Waals surface area contributed by atoms with Crippen LogP contribution in [0.1, 0.15) is 31.2 Å². The number of hydrogen-bond donors (Lipinski definition) is 1. The lowest BCUT2D eigenvalue weighted by atomic mass is 9.93. The number of ether oxygens (including phenoxy) is 2. The van der Waals surface area contributed by atoms with Crippen LogP contribution in [0.2, 0.25) is 10.0 Å². The standard InChI is InChI=1S/C28H32Cl2N6O3.2ClH/c1-38-27(37)10-18-2-5-35(6-3-18)16-19-8-25(20-11-21(29)13-22(30)12-20)34-26(9-19)39-24-14-32-28(33-15-24)36-7-4-23(31)17-36;;/h8-9,11-15,18,23H,2-7,10,16-17,31H2,1H3;2*1H. The summed E-state index contributed by atoms with van der Waals surface area (Å²) in [6.07, 6.45) is 6.61. The Balaban J connectivity index is 0.00000231. The van der Waals surface area contributed by atoms with E-state index >= 15 is 0 Å². The zero-order chi connectivity index (χ0) is 27.4. The van der Waals surface area contributed by atoms with Gasteiger partial charge in [0, 0.05) is 53.8 Å². The third-order valence-electron chi connectivity index (χ3n) is 7.16. The minimum absolute atomic E-state index is 0. The Hall–Kier alpha value is -2.40. The number of hydrogen-bond acceptors (Lipinski definition) is 9. The Kier molecular flexibility index (Phi) is 12.3. The molecule has 9 nitrogen and oxygen atoms in total. The fourth-order valence-corrected chi connectivity index (χ4v) is 5.62. The number of nitrogens with two attached hydrogens (primary N) is 1. The Morgan fingerprint density at radius 3 is 2.29 bits per heavy atom. The predicted octanol–water partition coefficient (Wildman–Crippen LogP) is 5.79. The SMILES string of the molecule is COC(=O)CC1CCN(Cc2cc(Oc3cnc(N4CCC(N)C4)nc3)nc(-c3cc(Cl)cc(Cl)c3)c2)CC1.Cl.Cl. The molecule has 0 bridgehead atoms. The van der Waals surface area contributed by atoms with Gasteiger partial charge >= 0.3 is 5.97 Å². The second-order valence-electron chi connectivity index (χ2n) is 10.2. The fraction of sp³-hybridized carbons (Fsp3) is 0.429. The van der Waals surface area contributed by atoms with Gasteiger partial charge in [0.15, 0.2) is 5.75 Å². The number of benzene rings is 1. The molecule has 0 spiro atoms. The van der Waals surface area contributed by atoms with Crippen LogP contribution in [0, 0.1) is 5.92 Å². The van der Waals surface area contributed by atoms with Crippen LogP contribution in [0.25, 0.3) is 11.3 Å². The van der Waals surface area contributed by atoms with E-state index in [0.29, 0.717) is 45.7 Å². The van der Waals surface area contributed by atoms with Gasteiger partial charge in [-0.15, -0.1) is 24.8 Å². The molecule has 3 aromatic rings. The highest BCUT2D eigenvalue weighted by Gasteiger charge is 2.23. The van der Waals surface area contributed by atoms with Gasteiger partial charge in [-0.3, -0.25) is 9.69 Å². The summed E-state index contributed by atoms with van der Waals surface area (Å²) in [6, 6.07) is 9.47. The van der Waals surface area contributed by atoms with Crippen LogP contribution in [-0.2, 0) is 16.1 Å². The first-order chi connectivity index (χ1) is 18.8. The number of carbonyl (C=O) groups is 1. The van der Waals surface area contributed by atoms with E-state index in [2.05, 4.69) is 19.8 Å². The summed E-state index contributed by atoms with van der Waals surface area (Å²) < 4.78 is 11.0. The van der Waals surface area contributed by atoms with Gasteiger partial charge in [-0.05, 0) is 68.1 Å². The quantitative estimate of drug-likeness (QED) is 0.305. The van der Waals surface area contributed by atoms with Gasteiger partial charge in [-0.1, -0.05) is 23.2 Å². The molecule has 5 rings (SSSR count).